The molecule has 1 atom stereocenters. The van der Waals surface area contributed by atoms with Gasteiger partial charge in [0.2, 0.25) is 5.56 Å². The van der Waals surface area contributed by atoms with Crippen LogP contribution in [-0.4, -0.2) is 46.1 Å². The Morgan fingerprint density at radius 1 is 1.41 bits per heavy atom. The molecule has 1 aliphatic heterocycles. The highest BCUT2D eigenvalue weighted by molar-refractivity contribution is 8.00. The van der Waals surface area contributed by atoms with E-state index < -0.39 is 0 Å². The number of amides is 2. The van der Waals surface area contributed by atoms with Gasteiger partial charge in [-0.15, -0.1) is 0 Å². The molecular weight excluding hydrogens is 298 g/mol. The Morgan fingerprint density at radius 2 is 2.27 bits per heavy atom. The van der Waals surface area contributed by atoms with Crippen LogP contribution in [0.25, 0.3) is 0 Å². The maximum atomic E-state index is 12.1. The fourth-order valence-electron chi connectivity index (χ4n) is 2.51. The molecule has 0 bridgehead atoms. The number of carbonyl (C=O) groups is 1. The van der Waals surface area contributed by atoms with Gasteiger partial charge in [0.15, 0.2) is 0 Å². The quantitative estimate of drug-likeness (QED) is 0.816. The molecule has 1 fully saturated rings. The van der Waals surface area contributed by atoms with E-state index in [0.29, 0.717) is 18.3 Å². The third-order valence-electron chi connectivity index (χ3n) is 3.88. The van der Waals surface area contributed by atoms with Gasteiger partial charge in [0.25, 0.3) is 0 Å². The Kier molecular flexibility index (Phi) is 6.83. The molecule has 0 spiro atoms. The second-order valence-corrected chi connectivity index (χ2v) is 6.93. The molecule has 0 aliphatic carbocycles. The normalized spacial score (nSPS) is 18.2. The van der Waals surface area contributed by atoms with Crippen LogP contribution in [-0.2, 0) is 6.54 Å². The zero-order valence-electron chi connectivity index (χ0n) is 13.2. The number of aryl methyl sites for hydroxylation is 1. The summed E-state index contributed by atoms with van der Waals surface area (Å²) in [5.41, 5.74) is 0.0305. The van der Waals surface area contributed by atoms with Crippen molar-refractivity contribution in [1.29, 1.82) is 0 Å². The van der Waals surface area contributed by atoms with Crippen molar-refractivity contribution in [2.75, 3.05) is 25.4 Å². The number of nitrogens with one attached hydrogen (secondary N) is 1. The molecular formula is C16H25N3O2S. The molecule has 2 amide bonds. The van der Waals surface area contributed by atoms with Crippen LogP contribution in [0.5, 0.6) is 0 Å². The summed E-state index contributed by atoms with van der Waals surface area (Å²) in [4.78, 5) is 25.6. The lowest BCUT2D eigenvalue weighted by molar-refractivity contribution is 0.199. The molecule has 2 heterocycles. The standard InChI is InChI=1S/C16H25N3O2S/c1-2-14-13-19(11-12-22-14)16(21)17-8-4-6-10-18-9-5-3-7-15(18)20/h3,5,7,9,14H,2,4,6,8,10-13H2,1H3,(H,17,21)/t14-/m1/s1. The summed E-state index contributed by atoms with van der Waals surface area (Å²) in [5.74, 6) is 1.03. The van der Waals surface area contributed by atoms with E-state index in [1.54, 1.807) is 22.9 Å². The molecule has 6 heteroatoms. The monoisotopic (exact) mass is 323 g/mol. The number of unbranched alkanes of at least 4 members (excludes halogenated alkanes) is 1. The molecule has 1 aromatic heterocycles. The molecule has 5 nitrogen and oxygen atoms in total. The first-order chi connectivity index (χ1) is 10.7. The largest absolute Gasteiger partial charge is 0.338 e. The summed E-state index contributed by atoms with van der Waals surface area (Å²) in [6.07, 6.45) is 4.68. The van der Waals surface area contributed by atoms with Crippen molar-refractivity contribution in [2.45, 2.75) is 38.0 Å². The van der Waals surface area contributed by atoms with Gasteiger partial charge in [0.05, 0.1) is 0 Å². The van der Waals surface area contributed by atoms with Crippen molar-refractivity contribution in [2.24, 2.45) is 0 Å². The van der Waals surface area contributed by atoms with Gasteiger partial charge in [-0.3, -0.25) is 4.79 Å². The Balaban J connectivity index is 1.63. The van der Waals surface area contributed by atoms with Gasteiger partial charge in [0.1, 0.15) is 0 Å². The highest BCUT2D eigenvalue weighted by atomic mass is 32.2. The first-order valence-corrected chi connectivity index (χ1v) is 9.05. The van der Waals surface area contributed by atoms with E-state index in [1.165, 1.54) is 0 Å². The van der Waals surface area contributed by atoms with Gasteiger partial charge in [0, 0.05) is 49.4 Å². The van der Waals surface area contributed by atoms with Gasteiger partial charge >= 0.3 is 6.03 Å². The minimum Gasteiger partial charge on any atom is -0.338 e. The van der Waals surface area contributed by atoms with Crippen molar-refractivity contribution < 1.29 is 4.79 Å². The molecule has 1 N–H and O–H groups in total. The average Bonchev–Trinajstić information content (AvgIpc) is 2.56. The first kappa shape index (κ1) is 16.9. The van der Waals surface area contributed by atoms with Crippen molar-refractivity contribution in [3.05, 3.63) is 34.7 Å². The van der Waals surface area contributed by atoms with Crippen LogP contribution in [0.3, 0.4) is 0 Å². The van der Waals surface area contributed by atoms with Gasteiger partial charge in [-0.1, -0.05) is 13.0 Å². The number of thioether (sulfide) groups is 1. The van der Waals surface area contributed by atoms with E-state index in [9.17, 15) is 9.59 Å². The Bertz CT molecular complexity index is 532. The molecule has 1 saturated heterocycles. The summed E-state index contributed by atoms with van der Waals surface area (Å²) < 4.78 is 1.70. The lowest BCUT2D eigenvalue weighted by atomic mass is 10.3. The van der Waals surface area contributed by atoms with Crippen molar-refractivity contribution in [3.8, 4) is 0 Å². The molecule has 0 aromatic carbocycles. The van der Waals surface area contributed by atoms with Crippen LogP contribution in [0, 0.1) is 0 Å². The summed E-state index contributed by atoms with van der Waals surface area (Å²) in [6, 6.07) is 5.23. The van der Waals surface area contributed by atoms with Gasteiger partial charge in [-0.05, 0) is 25.3 Å². The molecule has 1 aromatic rings. The molecule has 0 radical (unpaired) electrons. The third kappa shape index (κ3) is 5.09. The molecule has 122 valence electrons. The van der Waals surface area contributed by atoms with Gasteiger partial charge in [-0.2, -0.15) is 11.8 Å². The zero-order chi connectivity index (χ0) is 15.8. The van der Waals surface area contributed by atoms with Crippen molar-refractivity contribution in [3.63, 3.8) is 0 Å². The molecule has 0 unspecified atom stereocenters. The van der Waals surface area contributed by atoms with E-state index in [4.69, 9.17) is 0 Å². The summed E-state index contributed by atoms with van der Waals surface area (Å²) in [7, 11) is 0. The molecule has 22 heavy (non-hydrogen) atoms. The van der Waals surface area contributed by atoms with Crippen LogP contribution >= 0.6 is 11.8 Å². The number of aromatic nitrogens is 1. The maximum Gasteiger partial charge on any atom is 0.317 e. The number of urea groups is 1. The molecule has 0 saturated carbocycles. The highest BCUT2D eigenvalue weighted by Gasteiger charge is 2.22. The van der Waals surface area contributed by atoms with Gasteiger partial charge < -0.3 is 14.8 Å². The Morgan fingerprint density at radius 3 is 3.05 bits per heavy atom. The number of pyridine rings is 1. The summed E-state index contributed by atoms with van der Waals surface area (Å²) >= 11 is 1.96. The fourth-order valence-corrected chi connectivity index (χ4v) is 3.69. The second-order valence-electron chi connectivity index (χ2n) is 5.52. The first-order valence-electron chi connectivity index (χ1n) is 8.00. The van der Waals surface area contributed by atoms with Crippen LogP contribution in [0.1, 0.15) is 26.2 Å². The fraction of sp³-hybridized carbons (Fsp3) is 0.625. The number of nitrogens with zero attached hydrogens (tertiary/aromatic N) is 2. The van der Waals surface area contributed by atoms with Crippen molar-refractivity contribution >= 4 is 17.8 Å². The lowest BCUT2D eigenvalue weighted by Crippen LogP contribution is -2.47. The van der Waals surface area contributed by atoms with Crippen LogP contribution in [0.15, 0.2) is 29.2 Å². The Hall–Kier alpha value is -1.43. The second kappa shape index (κ2) is 8.88. The summed E-state index contributed by atoms with van der Waals surface area (Å²) in [5, 5.41) is 3.56. The van der Waals surface area contributed by atoms with E-state index >= 15 is 0 Å². The predicted octanol–water partition coefficient (Wildman–Crippen LogP) is 2.17. The highest BCUT2D eigenvalue weighted by Crippen LogP contribution is 2.20. The number of hydrogen-bond donors (Lipinski definition) is 1. The number of hydrogen-bond acceptors (Lipinski definition) is 3. The molecule has 2 rings (SSSR count). The number of rotatable bonds is 6. The van der Waals surface area contributed by atoms with Crippen LogP contribution in [0.2, 0.25) is 0 Å². The Labute approximate surface area is 136 Å². The van der Waals surface area contributed by atoms with Crippen LogP contribution < -0.4 is 10.9 Å². The molecule has 1 aliphatic rings. The minimum atomic E-state index is 0.0305. The zero-order valence-corrected chi connectivity index (χ0v) is 14.0. The van der Waals surface area contributed by atoms with Crippen molar-refractivity contribution in [1.82, 2.24) is 14.8 Å². The minimum absolute atomic E-state index is 0.0305. The smallest absolute Gasteiger partial charge is 0.317 e. The number of carbonyl (C=O) groups excluding carboxylic acids is 1. The van der Waals surface area contributed by atoms with Crippen LogP contribution in [0.4, 0.5) is 4.79 Å². The average molecular weight is 323 g/mol. The predicted molar refractivity (Wildman–Crippen MR) is 91.4 cm³/mol. The van der Waals surface area contributed by atoms with E-state index in [2.05, 4.69) is 12.2 Å². The lowest BCUT2D eigenvalue weighted by Gasteiger charge is -2.31. The van der Waals surface area contributed by atoms with E-state index in [-0.39, 0.29) is 11.6 Å². The third-order valence-corrected chi connectivity index (χ3v) is 5.25. The topological polar surface area (TPSA) is 54.3 Å². The summed E-state index contributed by atoms with van der Waals surface area (Å²) in [6.45, 7) is 5.23. The van der Waals surface area contributed by atoms with Gasteiger partial charge in [-0.25, -0.2) is 4.79 Å². The van der Waals surface area contributed by atoms with E-state index in [0.717, 1.165) is 38.1 Å². The van der Waals surface area contributed by atoms with E-state index in [1.807, 2.05) is 22.7 Å². The maximum absolute atomic E-state index is 12.1. The SMILES string of the molecule is CC[C@@H]1CN(C(=O)NCCCCn2ccccc2=O)CCS1.